The highest BCUT2D eigenvalue weighted by Crippen LogP contribution is 2.24. The molecule has 162 valence electrons. The second kappa shape index (κ2) is 10.1. The normalized spacial score (nSPS) is 12.1. The second-order valence-corrected chi connectivity index (χ2v) is 8.82. The minimum atomic E-state index is -3.91. The second-order valence-electron chi connectivity index (χ2n) is 6.96. The Balaban J connectivity index is 1.84. The summed E-state index contributed by atoms with van der Waals surface area (Å²) in [5.74, 6) is 0.347. The Labute approximate surface area is 183 Å². The van der Waals surface area contributed by atoms with Gasteiger partial charge in [0.2, 0.25) is 5.91 Å². The zero-order valence-electron chi connectivity index (χ0n) is 17.6. The van der Waals surface area contributed by atoms with Crippen LogP contribution < -0.4 is 14.4 Å². The van der Waals surface area contributed by atoms with Gasteiger partial charge in [-0.1, -0.05) is 55.5 Å². The van der Waals surface area contributed by atoms with Crippen molar-refractivity contribution in [3.8, 4) is 5.75 Å². The first kappa shape index (κ1) is 22.4. The molecule has 0 bridgehead atoms. The Kier molecular flexibility index (Phi) is 7.31. The SMILES string of the molecule is CCC(NC(=O)CN(c1ccccc1)S(=O)(=O)c1ccccc1)c1ccc(OC)cc1. The van der Waals surface area contributed by atoms with Crippen LogP contribution in [0.25, 0.3) is 0 Å². The van der Waals surface area contributed by atoms with Crippen LogP contribution in [0.15, 0.2) is 89.8 Å². The molecular weight excluding hydrogens is 412 g/mol. The smallest absolute Gasteiger partial charge is 0.264 e. The van der Waals surface area contributed by atoms with Gasteiger partial charge in [-0.15, -0.1) is 0 Å². The third kappa shape index (κ3) is 5.44. The summed E-state index contributed by atoms with van der Waals surface area (Å²) in [5.41, 5.74) is 1.35. The lowest BCUT2D eigenvalue weighted by molar-refractivity contribution is -0.120. The van der Waals surface area contributed by atoms with Crippen molar-refractivity contribution in [2.24, 2.45) is 0 Å². The number of rotatable bonds is 9. The van der Waals surface area contributed by atoms with Gasteiger partial charge >= 0.3 is 0 Å². The molecule has 6 nitrogen and oxygen atoms in total. The molecule has 0 aliphatic carbocycles. The lowest BCUT2D eigenvalue weighted by Crippen LogP contribution is -2.42. The number of ether oxygens (including phenoxy) is 1. The molecule has 0 spiro atoms. The molecule has 0 heterocycles. The van der Waals surface area contributed by atoms with Crippen molar-refractivity contribution in [3.63, 3.8) is 0 Å². The van der Waals surface area contributed by atoms with Crippen molar-refractivity contribution < 1.29 is 17.9 Å². The highest BCUT2D eigenvalue weighted by atomic mass is 32.2. The van der Waals surface area contributed by atoms with E-state index in [0.29, 0.717) is 12.1 Å². The van der Waals surface area contributed by atoms with Crippen molar-refractivity contribution in [3.05, 3.63) is 90.5 Å². The summed E-state index contributed by atoms with van der Waals surface area (Å²) in [6, 6.07) is 24.0. The fraction of sp³-hybridized carbons (Fsp3) is 0.208. The quantitative estimate of drug-likeness (QED) is 0.544. The minimum absolute atomic E-state index is 0.133. The average molecular weight is 439 g/mol. The van der Waals surface area contributed by atoms with E-state index in [2.05, 4.69) is 5.32 Å². The number of para-hydroxylation sites is 1. The lowest BCUT2D eigenvalue weighted by atomic mass is 10.0. The van der Waals surface area contributed by atoms with Crippen molar-refractivity contribution in [2.75, 3.05) is 18.0 Å². The largest absolute Gasteiger partial charge is 0.497 e. The molecule has 0 fully saturated rings. The number of methoxy groups -OCH3 is 1. The van der Waals surface area contributed by atoms with E-state index in [9.17, 15) is 13.2 Å². The van der Waals surface area contributed by atoms with Gasteiger partial charge in [0.15, 0.2) is 0 Å². The van der Waals surface area contributed by atoms with Gasteiger partial charge in [0.1, 0.15) is 12.3 Å². The molecule has 1 N–H and O–H groups in total. The maximum absolute atomic E-state index is 13.3. The zero-order chi connectivity index (χ0) is 22.3. The van der Waals surface area contributed by atoms with Gasteiger partial charge in [0, 0.05) is 0 Å². The van der Waals surface area contributed by atoms with Gasteiger partial charge in [-0.25, -0.2) is 8.42 Å². The number of sulfonamides is 1. The molecule has 7 heteroatoms. The van der Waals surface area contributed by atoms with Gasteiger partial charge in [0.05, 0.1) is 23.7 Å². The number of benzene rings is 3. The molecule has 0 aromatic heterocycles. The van der Waals surface area contributed by atoms with E-state index in [1.165, 1.54) is 12.1 Å². The predicted molar refractivity (Wildman–Crippen MR) is 122 cm³/mol. The number of hydrogen-bond acceptors (Lipinski definition) is 4. The maximum atomic E-state index is 13.3. The van der Waals surface area contributed by atoms with E-state index in [0.717, 1.165) is 15.6 Å². The summed E-state index contributed by atoms with van der Waals surface area (Å²) >= 11 is 0. The van der Waals surface area contributed by atoms with Gasteiger partial charge < -0.3 is 10.1 Å². The monoisotopic (exact) mass is 438 g/mol. The summed E-state index contributed by atoms with van der Waals surface area (Å²) in [4.78, 5) is 13.1. The van der Waals surface area contributed by atoms with Crippen molar-refractivity contribution in [2.45, 2.75) is 24.3 Å². The molecular formula is C24H26N2O4S. The highest BCUT2D eigenvalue weighted by molar-refractivity contribution is 7.92. The average Bonchev–Trinajstić information content (AvgIpc) is 2.82. The minimum Gasteiger partial charge on any atom is -0.497 e. The van der Waals surface area contributed by atoms with Crippen LogP contribution >= 0.6 is 0 Å². The standard InChI is InChI=1S/C24H26N2O4S/c1-3-23(19-14-16-21(30-2)17-15-19)25-24(27)18-26(20-10-6-4-7-11-20)31(28,29)22-12-8-5-9-13-22/h4-17,23H,3,18H2,1-2H3,(H,25,27). The third-order valence-corrected chi connectivity index (χ3v) is 6.71. The Morgan fingerprint density at radius 3 is 2.06 bits per heavy atom. The first-order valence-electron chi connectivity index (χ1n) is 10.0. The molecule has 3 aromatic rings. The van der Waals surface area contributed by atoms with Gasteiger partial charge in [-0.05, 0) is 48.4 Å². The molecule has 1 atom stereocenters. The summed E-state index contributed by atoms with van der Waals surface area (Å²) in [6.45, 7) is 1.64. The van der Waals surface area contributed by atoms with Crippen LogP contribution in [0.2, 0.25) is 0 Å². The summed E-state index contributed by atoms with van der Waals surface area (Å²) in [6.07, 6.45) is 0.662. The Hall–Kier alpha value is -3.32. The van der Waals surface area contributed by atoms with Crippen LogP contribution in [0.4, 0.5) is 5.69 Å². The lowest BCUT2D eigenvalue weighted by Gasteiger charge is -2.25. The van der Waals surface area contributed by atoms with Gasteiger partial charge in [-0.3, -0.25) is 9.10 Å². The molecule has 0 aliphatic rings. The van der Waals surface area contributed by atoms with Crippen molar-refractivity contribution >= 4 is 21.6 Å². The first-order valence-corrected chi connectivity index (χ1v) is 11.5. The first-order chi connectivity index (χ1) is 15.0. The van der Waals surface area contributed by atoms with Crippen LogP contribution in [0.5, 0.6) is 5.75 Å². The molecule has 3 rings (SSSR count). The fourth-order valence-corrected chi connectivity index (χ4v) is 4.70. The molecule has 0 radical (unpaired) electrons. The number of nitrogens with one attached hydrogen (secondary N) is 1. The Morgan fingerprint density at radius 2 is 1.52 bits per heavy atom. The summed E-state index contributed by atoms with van der Waals surface area (Å²) < 4.78 is 32.9. The van der Waals surface area contributed by atoms with Gasteiger partial charge in [-0.2, -0.15) is 0 Å². The van der Waals surface area contributed by atoms with E-state index in [1.54, 1.807) is 55.6 Å². The van der Waals surface area contributed by atoms with Crippen LogP contribution in [-0.2, 0) is 14.8 Å². The molecule has 0 saturated carbocycles. The molecule has 0 aliphatic heterocycles. The molecule has 31 heavy (non-hydrogen) atoms. The fourth-order valence-electron chi connectivity index (χ4n) is 3.26. The summed E-state index contributed by atoms with van der Waals surface area (Å²) in [7, 11) is -2.31. The number of carbonyl (C=O) groups is 1. The highest BCUT2D eigenvalue weighted by Gasteiger charge is 2.27. The molecule has 0 saturated heterocycles. The van der Waals surface area contributed by atoms with E-state index in [4.69, 9.17) is 4.74 Å². The number of hydrogen-bond donors (Lipinski definition) is 1. The molecule has 1 amide bonds. The van der Waals surface area contributed by atoms with E-state index in [-0.39, 0.29) is 23.4 Å². The van der Waals surface area contributed by atoms with Crippen molar-refractivity contribution in [1.82, 2.24) is 5.32 Å². The maximum Gasteiger partial charge on any atom is 0.264 e. The number of carbonyl (C=O) groups excluding carboxylic acids is 1. The van der Waals surface area contributed by atoms with E-state index in [1.807, 2.05) is 31.2 Å². The number of anilines is 1. The Bertz CT molecular complexity index is 1090. The van der Waals surface area contributed by atoms with Crippen LogP contribution in [-0.4, -0.2) is 28.0 Å². The zero-order valence-corrected chi connectivity index (χ0v) is 18.4. The predicted octanol–water partition coefficient (Wildman–Crippen LogP) is 4.16. The van der Waals surface area contributed by atoms with E-state index >= 15 is 0 Å². The van der Waals surface area contributed by atoms with Crippen LogP contribution in [0.1, 0.15) is 24.9 Å². The number of amides is 1. The molecule has 1 unspecified atom stereocenters. The summed E-state index contributed by atoms with van der Waals surface area (Å²) in [5, 5.41) is 2.96. The van der Waals surface area contributed by atoms with Gasteiger partial charge in [0.25, 0.3) is 10.0 Å². The van der Waals surface area contributed by atoms with E-state index < -0.39 is 10.0 Å². The van der Waals surface area contributed by atoms with Crippen LogP contribution in [0.3, 0.4) is 0 Å². The van der Waals surface area contributed by atoms with Crippen LogP contribution in [0, 0.1) is 0 Å². The number of nitrogens with zero attached hydrogens (tertiary/aromatic N) is 1. The van der Waals surface area contributed by atoms with Crippen molar-refractivity contribution in [1.29, 1.82) is 0 Å². The topological polar surface area (TPSA) is 75.7 Å². The Morgan fingerprint density at radius 1 is 0.935 bits per heavy atom. The molecule has 3 aromatic carbocycles. The third-order valence-electron chi connectivity index (χ3n) is 4.92.